The average molecular weight is 249 g/mol. The van der Waals surface area contributed by atoms with Gasteiger partial charge >= 0.3 is 23.9 Å². The molecule has 0 saturated carbocycles. The van der Waals surface area contributed by atoms with Crippen molar-refractivity contribution in [1.82, 2.24) is 0 Å². The zero-order valence-corrected chi connectivity index (χ0v) is 8.71. The molecule has 0 aliphatic carbocycles. The Kier molecular flexibility index (Phi) is 3.82. The molecule has 17 heavy (non-hydrogen) atoms. The Morgan fingerprint density at radius 2 is 1.18 bits per heavy atom. The number of carbonyl (C=O) groups is 4. The first kappa shape index (κ1) is 14.8. The molecule has 0 rings (SSSR count). The van der Waals surface area contributed by atoms with Crippen LogP contribution >= 0.6 is 0 Å². The lowest BCUT2D eigenvalue weighted by molar-refractivity contribution is -0.187. The van der Waals surface area contributed by atoms with Gasteiger partial charge in [0.2, 0.25) is 0 Å². The van der Waals surface area contributed by atoms with Gasteiger partial charge in [-0.25, -0.2) is 0 Å². The van der Waals surface area contributed by atoms with Gasteiger partial charge in [0.1, 0.15) is 0 Å². The van der Waals surface area contributed by atoms with Gasteiger partial charge < -0.3 is 26.2 Å². The van der Waals surface area contributed by atoms with Crippen LogP contribution in [0.5, 0.6) is 0 Å². The summed E-state index contributed by atoms with van der Waals surface area (Å²) in [5.41, 5.74) is -1.43. The summed E-state index contributed by atoms with van der Waals surface area (Å²) in [4.78, 5) is 43.6. The predicted octanol–water partition coefficient (Wildman–Crippen LogP) is -1.58. The van der Waals surface area contributed by atoms with Gasteiger partial charge in [0.25, 0.3) is 5.41 Å². The fourth-order valence-electron chi connectivity index (χ4n) is 1.42. The lowest BCUT2D eigenvalue weighted by atomic mass is 9.68. The molecule has 96 valence electrons. The largest absolute Gasteiger partial charge is 0.480 e. The Morgan fingerprint density at radius 1 is 0.882 bits per heavy atom. The topological polar surface area (TPSA) is 175 Å². The van der Waals surface area contributed by atoms with Crippen molar-refractivity contribution in [1.29, 1.82) is 0 Å². The molecule has 0 bridgehead atoms. The lowest BCUT2D eigenvalue weighted by Gasteiger charge is -2.34. The molecule has 0 amide bonds. The zero-order chi connectivity index (χ0) is 14.0. The number of aliphatic carboxylic acids is 4. The third kappa shape index (κ3) is 1.69. The van der Waals surface area contributed by atoms with E-state index in [9.17, 15) is 19.2 Å². The minimum absolute atomic E-state index is 0.687. The van der Waals surface area contributed by atoms with Crippen molar-refractivity contribution in [2.24, 2.45) is 11.1 Å². The summed E-state index contributed by atoms with van der Waals surface area (Å²) >= 11 is 0. The maximum atomic E-state index is 10.9. The fraction of sp³-hybridized carbons (Fsp3) is 0.500. The molecule has 1 unspecified atom stereocenters. The second-order valence-corrected chi connectivity index (χ2v) is 3.30. The van der Waals surface area contributed by atoms with Crippen LogP contribution < -0.4 is 5.73 Å². The monoisotopic (exact) mass is 249 g/mol. The van der Waals surface area contributed by atoms with Gasteiger partial charge in [0, 0.05) is 0 Å². The molecule has 9 nitrogen and oxygen atoms in total. The Morgan fingerprint density at radius 3 is 1.24 bits per heavy atom. The van der Waals surface area contributed by atoms with E-state index >= 15 is 0 Å². The normalized spacial score (nSPS) is 14.7. The van der Waals surface area contributed by atoms with Crippen LogP contribution in [0.3, 0.4) is 0 Å². The van der Waals surface area contributed by atoms with E-state index in [1.165, 1.54) is 0 Å². The van der Waals surface area contributed by atoms with E-state index in [4.69, 9.17) is 26.2 Å². The number of rotatable bonds is 6. The molecule has 0 aliphatic rings. The highest BCUT2D eigenvalue weighted by molar-refractivity contribution is 6.21. The van der Waals surface area contributed by atoms with E-state index in [1.54, 1.807) is 0 Å². The summed E-state index contributed by atoms with van der Waals surface area (Å²) in [6.45, 7) is 1.08. The molecule has 0 heterocycles. The minimum Gasteiger partial charge on any atom is -0.480 e. The molecule has 0 spiro atoms. The summed E-state index contributed by atoms with van der Waals surface area (Å²) in [6, 6.07) is 0. The summed E-state index contributed by atoms with van der Waals surface area (Å²) in [6.07, 6.45) is -0.687. The van der Waals surface area contributed by atoms with Crippen molar-refractivity contribution < 1.29 is 39.6 Å². The van der Waals surface area contributed by atoms with Gasteiger partial charge in [-0.05, 0) is 6.42 Å². The first-order valence-electron chi connectivity index (χ1n) is 4.31. The second kappa shape index (κ2) is 4.37. The van der Waals surface area contributed by atoms with E-state index in [-0.39, 0.29) is 0 Å². The molecule has 0 saturated heterocycles. The molecule has 0 aromatic carbocycles. The maximum Gasteiger partial charge on any atom is 0.335 e. The number of nitrogens with two attached hydrogens (primary N) is 1. The molecular weight excluding hydrogens is 238 g/mol. The smallest absolute Gasteiger partial charge is 0.335 e. The summed E-state index contributed by atoms with van der Waals surface area (Å²) < 4.78 is 0. The fourth-order valence-corrected chi connectivity index (χ4v) is 1.42. The highest BCUT2D eigenvalue weighted by atomic mass is 16.4. The van der Waals surface area contributed by atoms with Crippen molar-refractivity contribution in [3.8, 4) is 0 Å². The molecule has 0 aromatic heterocycles. The number of hydrogen-bond donors (Lipinski definition) is 5. The van der Waals surface area contributed by atoms with Crippen LogP contribution in [0.25, 0.3) is 0 Å². The van der Waals surface area contributed by atoms with Crippen LogP contribution in [0.2, 0.25) is 0 Å². The van der Waals surface area contributed by atoms with Gasteiger partial charge in [-0.3, -0.25) is 19.2 Å². The predicted molar refractivity (Wildman–Crippen MR) is 50.2 cm³/mol. The Balaban J connectivity index is 6.30. The third-order valence-corrected chi connectivity index (χ3v) is 2.57. The Hall–Kier alpha value is -2.16. The summed E-state index contributed by atoms with van der Waals surface area (Å²) in [5, 5.41) is 35.1. The number of carboxylic acids is 4. The van der Waals surface area contributed by atoms with Gasteiger partial charge in [-0.2, -0.15) is 0 Å². The van der Waals surface area contributed by atoms with E-state index in [1.807, 2.05) is 0 Å². The van der Waals surface area contributed by atoms with Crippen LogP contribution in [-0.2, 0) is 19.2 Å². The number of hydrogen-bond acceptors (Lipinski definition) is 5. The van der Waals surface area contributed by atoms with Crippen molar-refractivity contribution in [3.63, 3.8) is 0 Å². The molecule has 0 radical (unpaired) electrons. The van der Waals surface area contributed by atoms with Crippen LogP contribution in [0, 0.1) is 5.41 Å². The zero-order valence-electron chi connectivity index (χ0n) is 8.71. The van der Waals surface area contributed by atoms with E-state index in [0.29, 0.717) is 0 Å². The molecule has 0 aliphatic heterocycles. The van der Waals surface area contributed by atoms with Crippen molar-refractivity contribution in [2.45, 2.75) is 18.9 Å². The van der Waals surface area contributed by atoms with E-state index < -0.39 is 41.3 Å². The minimum atomic E-state index is -3.65. The van der Waals surface area contributed by atoms with E-state index in [0.717, 1.165) is 6.92 Å². The van der Waals surface area contributed by atoms with Crippen molar-refractivity contribution in [2.75, 3.05) is 0 Å². The SMILES string of the molecule is CCC(N)(C(=O)O)C(C(=O)O)(C(=O)O)C(=O)O. The maximum absolute atomic E-state index is 10.9. The molecule has 0 fully saturated rings. The molecule has 9 heteroatoms. The average Bonchev–Trinajstić information content (AvgIpc) is 2.15. The summed E-state index contributed by atoms with van der Waals surface area (Å²) in [7, 11) is 0. The van der Waals surface area contributed by atoms with Crippen molar-refractivity contribution >= 4 is 23.9 Å². The van der Waals surface area contributed by atoms with Gasteiger partial charge in [-0.15, -0.1) is 0 Å². The molecule has 1 atom stereocenters. The van der Waals surface area contributed by atoms with Crippen LogP contribution in [-0.4, -0.2) is 49.8 Å². The Labute approximate surface area is 94.5 Å². The first-order valence-corrected chi connectivity index (χ1v) is 4.31. The molecule has 6 N–H and O–H groups in total. The standard InChI is InChI=1S/C8H11NO8/c1-2-7(9,3(10)11)8(4(12)13,5(14)15)6(16)17/h2,9H2,1H3,(H,10,11)(H,12,13)(H,14,15)(H,16,17). The van der Waals surface area contributed by atoms with Crippen molar-refractivity contribution in [3.05, 3.63) is 0 Å². The van der Waals surface area contributed by atoms with Crippen LogP contribution in [0.15, 0.2) is 0 Å². The van der Waals surface area contributed by atoms with Gasteiger partial charge in [0.05, 0.1) is 0 Å². The summed E-state index contributed by atoms with van der Waals surface area (Å²) in [5.74, 6) is -9.05. The van der Waals surface area contributed by atoms with Crippen LogP contribution in [0.4, 0.5) is 0 Å². The Bertz CT molecular complexity index is 353. The third-order valence-electron chi connectivity index (χ3n) is 2.57. The van der Waals surface area contributed by atoms with Gasteiger partial charge in [0.15, 0.2) is 5.54 Å². The highest BCUT2D eigenvalue weighted by Crippen LogP contribution is 2.34. The first-order chi connectivity index (χ1) is 7.58. The lowest BCUT2D eigenvalue weighted by Crippen LogP contribution is -2.70. The second-order valence-electron chi connectivity index (χ2n) is 3.30. The van der Waals surface area contributed by atoms with Gasteiger partial charge in [-0.1, -0.05) is 6.92 Å². The number of carboxylic acid groups (broad SMARTS) is 4. The quantitative estimate of drug-likeness (QED) is 0.347. The van der Waals surface area contributed by atoms with E-state index in [2.05, 4.69) is 0 Å². The highest BCUT2D eigenvalue weighted by Gasteiger charge is 2.70. The molecular formula is C8H11NO8. The molecule has 0 aromatic rings. The van der Waals surface area contributed by atoms with Crippen LogP contribution in [0.1, 0.15) is 13.3 Å².